The molecule has 3 rings (SSSR count). The maximum absolute atomic E-state index is 12.2. The quantitative estimate of drug-likeness (QED) is 0.593. The molecule has 0 aliphatic carbocycles. The third-order valence-electron chi connectivity index (χ3n) is 4.27. The summed E-state index contributed by atoms with van der Waals surface area (Å²) in [5.74, 6) is 2.76. The van der Waals surface area contributed by atoms with Crippen molar-refractivity contribution in [2.75, 3.05) is 27.9 Å². The summed E-state index contributed by atoms with van der Waals surface area (Å²) in [6.45, 7) is 0.395. The first-order chi connectivity index (χ1) is 14.1. The highest BCUT2D eigenvalue weighted by Gasteiger charge is 2.11. The minimum atomic E-state index is -0.107. The normalized spacial score (nSPS) is 10.4. The molecule has 0 fully saturated rings. The predicted octanol–water partition coefficient (Wildman–Crippen LogP) is 2.66. The summed E-state index contributed by atoms with van der Waals surface area (Å²) in [5, 5.41) is 6.84. The lowest BCUT2D eigenvalue weighted by Crippen LogP contribution is -2.27. The van der Waals surface area contributed by atoms with Gasteiger partial charge in [0.1, 0.15) is 5.75 Å². The van der Waals surface area contributed by atoms with Gasteiger partial charge in [0.2, 0.25) is 17.6 Å². The molecule has 8 nitrogen and oxygen atoms in total. The first kappa shape index (κ1) is 20.2. The monoisotopic (exact) mass is 397 g/mol. The van der Waals surface area contributed by atoms with Gasteiger partial charge in [-0.25, -0.2) is 0 Å². The molecular weight excluding hydrogens is 374 g/mol. The van der Waals surface area contributed by atoms with Crippen molar-refractivity contribution >= 4 is 5.91 Å². The van der Waals surface area contributed by atoms with Crippen LogP contribution in [0.2, 0.25) is 0 Å². The number of carbonyl (C=O) groups is 1. The second-order valence-corrected chi connectivity index (χ2v) is 6.21. The molecule has 0 aliphatic heterocycles. The highest BCUT2D eigenvalue weighted by atomic mass is 16.5. The Morgan fingerprint density at radius 1 is 1.03 bits per heavy atom. The molecule has 1 N–H and O–H groups in total. The molecule has 1 heterocycles. The number of carbonyl (C=O) groups excluding carboxylic acids is 1. The van der Waals surface area contributed by atoms with E-state index in [0.717, 1.165) is 16.9 Å². The lowest BCUT2D eigenvalue weighted by atomic mass is 10.1. The summed E-state index contributed by atoms with van der Waals surface area (Å²) < 4.78 is 20.9. The molecule has 1 amide bonds. The summed E-state index contributed by atoms with van der Waals surface area (Å²) in [4.78, 5) is 16.6. The van der Waals surface area contributed by atoms with Crippen molar-refractivity contribution in [2.24, 2.45) is 0 Å². The molecule has 0 atom stereocenters. The zero-order valence-corrected chi connectivity index (χ0v) is 16.6. The summed E-state index contributed by atoms with van der Waals surface area (Å²) in [7, 11) is 4.73. The number of hydrogen-bond acceptors (Lipinski definition) is 7. The Labute approximate surface area is 168 Å². The fraction of sp³-hybridized carbons (Fsp3) is 0.286. The van der Waals surface area contributed by atoms with Crippen molar-refractivity contribution in [1.82, 2.24) is 15.5 Å². The number of amides is 1. The molecule has 152 valence electrons. The minimum absolute atomic E-state index is 0.107. The molecule has 0 saturated heterocycles. The van der Waals surface area contributed by atoms with Crippen molar-refractivity contribution in [2.45, 2.75) is 12.8 Å². The van der Waals surface area contributed by atoms with Crippen LogP contribution in [0, 0.1) is 0 Å². The summed E-state index contributed by atoms with van der Waals surface area (Å²) in [6.07, 6.45) is 0.674. The van der Waals surface area contributed by atoms with Crippen LogP contribution in [0.1, 0.15) is 11.5 Å². The Bertz CT molecular complexity index is 970. The fourth-order valence-electron chi connectivity index (χ4n) is 2.78. The molecule has 0 unspecified atom stereocenters. The second-order valence-electron chi connectivity index (χ2n) is 6.21. The van der Waals surface area contributed by atoms with Gasteiger partial charge < -0.3 is 24.1 Å². The van der Waals surface area contributed by atoms with Crippen LogP contribution in [0.4, 0.5) is 0 Å². The molecule has 0 aliphatic rings. The van der Waals surface area contributed by atoms with E-state index >= 15 is 0 Å². The van der Waals surface area contributed by atoms with E-state index < -0.39 is 0 Å². The number of methoxy groups -OCH3 is 3. The maximum Gasteiger partial charge on any atom is 0.228 e. The Kier molecular flexibility index (Phi) is 6.67. The van der Waals surface area contributed by atoms with Crippen LogP contribution in [-0.4, -0.2) is 43.9 Å². The number of benzene rings is 2. The van der Waals surface area contributed by atoms with Crippen molar-refractivity contribution in [3.8, 4) is 28.6 Å². The molecule has 0 radical (unpaired) electrons. The maximum atomic E-state index is 12.2. The Morgan fingerprint density at radius 3 is 2.62 bits per heavy atom. The molecular formula is C21H23N3O5. The predicted molar refractivity (Wildman–Crippen MR) is 106 cm³/mol. The van der Waals surface area contributed by atoms with E-state index in [-0.39, 0.29) is 12.3 Å². The van der Waals surface area contributed by atoms with Crippen LogP contribution in [0.25, 0.3) is 11.4 Å². The van der Waals surface area contributed by atoms with Crippen LogP contribution >= 0.6 is 0 Å². The van der Waals surface area contributed by atoms with E-state index in [2.05, 4.69) is 15.5 Å². The average Bonchev–Trinajstić information content (AvgIpc) is 3.22. The third kappa shape index (κ3) is 5.25. The molecule has 8 heteroatoms. The lowest BCUT2D eigenvalue weighted by molar-refractivity contribution is -0.120. The van der Waals surface area contributed by atoms with Gasteiger partial charge in [0.25, 0.3) is 0 Å². The zero-order valence-electron chi connectivity index (χ0n) is 16.6. The van der Waals surface area contributed by atoms with Gasteiger partial charge in [-0.2, -0.15) is 4.98 Å². The van der Waals surface area contributed by atoms with Gasteiger partial charge in [-0.15, -0.1) is 0 Å². The molecule has 2 aromatic carbocycles. The SMILES string of the molecule is COc1cccc(-c2noc(CCNC(=O)Cc3ccc(OC)c(OC)c3)n2)c1. The fourth-order valence-corrected chi connectivity index (χ4v) is 2.78. The Hall–Kier alpha value is -3.55. The van der Waals surface area contributed by atoms with Gasteiger partial charge >= 0.3 is 0 Å². The number of aromatic nitrogens is 2. The van der Waals surface area contributed by atoms with Gasteiger partial charge in [-0.3, -0.25) is 4.79 Å². The number of rotatable bonds is 9. The van der Waals surface area contributed by atoms with Gasteiger partial charge in [0, 0.05) is 18.5 Å². The minimum Gasteiger partial charge on any atom is -0.497 e. The second kappa shape index (κ2) is 9.59. The molecule has 0 spiro atoms. The average molecular weight is 397 g/mol. The van der Waals surface area contributed by atoms with Crippen molar-refractivity contribution in [1.29, 1.82) is 0 Å². The number of hydrogen-bond donors (Lipinski definition) is 1. The standard InChI is InChI=1S/C21H23N3O5/c1-26-16-6-4-5-15(13-16)21-23-20(29-24-21)9-10-22-19(25)12-14-7-8-17(27-2)18(11-14)28-3/h4-8,11,13H,9-10,12H2,1-3H3,(H,22,25). The lowest BCUT2D eigenvalue weighted by Gasteiger charge is -2.09. The molecule has 29 heavy (non-hydrogen) atoms. The van der Waals surface area contributed by atoms with Crippen LogP contribution in [0.15, 0.2) is 47.0 Å². The largest absolute Gasteiger partial charge is 0.497 e. The van der Waals surface area contributed by atoms with E-state index in [1.54, 1.807) is 33.5 Å². The Morgan fingerprint density at radius 2 is 1.86 bits per heavy atom. The summed E-state index contributed by atoms with van der Waals surface area (Å²) >= 11 is 0. The first-order valence-corrected chi connectivity index (χ1v) is 9.07. The topological polar surface area (TPSA) is 95.7 Å². The van der Waals surface area contributed by atoms with Gasteiger partial charge in [0.15, 0.2) is 11.5 Å². The smallest absolute Gasteiger partial charge is 0.228 e. The zero-order chi connectivity index (χ0) is 20.6. The highest BCUT2D eigenvalue weighted by molar-refractivity contribution is 5.78. The first-order valence-electron chi connectivity index (χ1n) is 9.07. The van der Waals surface area contributed by atoms with E-state index in [4.69, 9.17) is 18.7 Å². The van der Waals surface area contributed by atoms with Gasteiger partial charge in [-0.1, -0.05) is 23.4 Å². The van der Waals surface area contributed by atoms with Crippen molar-refractivity contribution in [3.63, 3.8) is 0 Å². The molecule has 0 saturated carbocycles. The summed E-state index contributed by atoms with van der Waals surface area (Å²) in [6, 6.07) is 12.8. The van der Waals surface area contributed by atoms with Crippen LogP contribution < -0.4 is 19.5 Å². The van der Waals surface area contributed by atoms with E-state index in [9.17, 15) is 4.79 Å². The van der Waals surface area contributed by atoms with Crippen molar-refractivity contribution in [3.05, 3.63) is 53.9 Å². The van der Waals surface area contributed by atoms with Crippen LogP contribution in [0.3, 0.4) is 0 Å². The number of nitrogens with one attached hydrogen (secondary N) is 1. The van der Waals surface area contributed by atoms with Crippen LogP contribution in [0.5, 0.6) is 17.2 Å². The Balaban J connectivity index is 1.51. The number of nitrogens with zero attached hydrogens (tertiary/aromatic N) is 2. The molecule has 0 bridgehead atoms. The summed E-state index contributed by atoms with van der Waals surface area (Å²) in [5.41, 5.74) is 1.63. The van der Waals surface area contributed by atoms with Crippen molar-refractivity contribution < 1.29 is 23.5 Å². The third-order valence-corrected chi connectivity index (χ3v) is 4.27. The van der Waals surface area contributed by atoms with Gasteiger partial charge in [-0.05, 0) is 29.8 Å². The van der Waals surface area contributed by atoms with E-state index in [0.29, 0.717) is 36.2 Å². The van der Waals surface area contributed by atoms with E-state index in [1.165, 1.54) is 0 Å². The number of ether oxygens (including phenoxy) is 3. The highest BCUT2D eigenvalue weighted by Crippen LogP contribution is 2.27. The van der Waals surface area contributed by atoms with Gasteiger partial charge in [0.05, 0.1) is 27.8 Å². The van der Waals surface area contributed by atoms with E-state index in [1.807, 2.05) is 30.3 Å². The molecule has 1 aromatic heterocycles. The van der Waals surface area contributed by atoms with Crippen LogP contribution in [-0.2, 0) is 17.6 Å². The molecule has 3 aromatic rings.